The fourth-order valence-electron chi connectivity index (χ4n) is 2.83. The first-order chi connectivity index (χ1) is 9.18. The molecule has 4 nitrogen and oxygen atoms in total. The van der Waals surface area contributed by atoms with Gasteiger partial charge < -0.3 is 14.6 Å². The number of carboxylic acid groups (broad SMARTS) is 1. The molecule has 19 heavy (non-hydrogen) atoms. The van der Waals surface area contributed by atoms with Crippen molar-refractivity contribution >= 4 is 17.6 Å². The lowest BCUT2D eigenvalue weighted by atomic mass is 9.95. The van der Waals surface area contributed by atoms with Gasteiger partial charge in [0.2, 0.25) is 0 Å². The van der Waals surface area contributed by atoms with E-state index in [1.807, 2.05) is 0 Å². The lowest BCUT2D eigenvalue weighted by Gasteiger charge is -2.14. The Morgan fingerprint density at radius 2 is 1.84 bits per heavy atom. The summed E-state index contributed by atoms with van der Waals surface area (Å²) in [5.74, 6) is 0.898. The maximum absolute atomic E-state index is 10.6. The Bertz CT molecular complexity index is 504. The van der Waals surface area contributed by atoms with Gasteiger partial charge in [-0.3, -0.25) is 4.79 Å². The molecule has 5 heteroatoms. The summed E-state index contributed by atoms with van der Waals surface area (Å²) in [4.78, 5) is 10.6. The molecular weight excluding hydrogens is 268 g/mol. The molecule has 1 aromatic carbocycles. The van der Waals surface area contributed by atoms with Gasteiger partial charge in [0.25, 0.3) is 0 Å². The number of carbonyl (C=O) groups is 1. The van der Waals surface area contributed by atoms with Gasteiger partial charge in [-0.05, 0) is 12.8 Å². The maximum atomic E-state index is 10.6. The normalized spacial score (nSPS) is 15.6. The zero-order chi connectivity index (χ0) is 13.4. The summed E-state index contributed by atoms with van der Waals surface area (Å²) >= 11 is 6.36. The van der Waals surface area contributed by atoms with E-state index in [0.29, 0.717) is 31.1 Å². The van der Waals surface area contributed by atoms with Gasteiger partial charge in [0.05, 0.1) is 18.2 Å². The second kappa shape index (κ2) is 4.93. The topological polar surface area (TPSA) is 55.8 Å². The fourth-order valence-corrected chi connectivity index (χ4v) is 3.18. The average Bonchev–Trinajstić information content (AvgIpc) is 3.01. The molecule has 1 N–H and O–H groups in total. The van der Waals surface area contributed by atoms with E-state index in [1.165, 1.54) is 0 Å². The highest BCUT2D eigenvalue weighted by Gasteiger charge is 2.30. The molecule has 102 valence electrons. The lowest BCUT2D eigenvalue weighted by Crippen LogP contribution is -2.01. The van der Waals surface area contributed by atoms with Crippen LogP contribution in [0.4, 0.5) is 0 Å². The number of rotatable bonds is 4. The highest BCUT2D eigenvalue weighted by molar-refractivity contribution is 6.33. The molecule has 0 radical (unpaired) electrons. The Labute approximate surface area is 116 Å². The van der Waals surface area contributed by atoms with Gasteiger partial charge in [-0.25, -0.2) is 0 Å². The van der Waals surface area contributed by atoms with Crippen LogP contribution in [0.3, 0.4) is 0 Å². The molecule has 0 amide bonds. The summed E-state index contributed by atoms with van der Waals surface area (Å²) in [6.07, 6.45) is 3.12. The van der Waals surface area contributed by atoms with E-state index in [9.17, 15) is 4.79 Å². The largest absolute Gasteiger partial charge is 0.493 e. The third-order valence-electron chi connectivity index (χ3n) is 3.67. The molecule has 1 aromatic rings. The Kier molecular flexibility index (Phi) is 3.27. The van der Waals surface area contributed by atoms with Gasteiger partial charge in [0.15, 0.2) is 0 Å². The van der Waals surface area contributed by atoms with Crippen molar-refractivity contribution in [3.8, 4) is 11.5 Å². The minimum absolute atomic E-state index is 0.174. The quantitative estimate of drug-likeness (QED) is 0.922. The van der Waals surface area contributed by atoms with Crippen molar-refractivity contribution in [2.75, 3.05) is 13.2 Å². The molecule has 2 aliphatic rings. The van der Waals surface area contributed by atoms with Crippen LogP contribution in [0, 0.1) is 0 Å². The summed E-state index contributed by atoms with van der Waals surface area (Å²) in [7, 11) is 0. The number of fused-ring (bicyclic) bond motifs is 2. The zero-order valence-electron chi connectivity index (χ0n) is 10.5. The summed E-state index contributed by atoms with van der Waals surface area (Å²) < 4.78 is 11.3. The van der Waals surface area contributed by atoms with Crippen molar-refractivity contribution in [1.82, 2.24) is 0 Å². The number of ether oxygens (including phenoxy) is 2. The molecule has 0 saturated heterocycles. The third-order valence-corrected chi connectivity index (χ3v) is 4.06. The van der Waals surface area contributed by atoms with Crippen molar-refractivity contribution in [2.45, 2.75) is 32.1 Å². The van der Waals surface area contributed by atoms with E-state index < -0.39 is 5.97 Å². The first-order valence-electron chi connectivity index (χ1n) is 6.52. The monoisotopic (exact) mass is 282 g/mol. The predicted octanol–water partition coefficient (Wildman–Crippen LogP) is 2.62. The maximum Gasteiger partial charge on any atom is 0.303 e. The molecule has 0 spiro atoms. The minimum Gasteiger partial charge on any atom is -0.493 e. The molecule has 2 aliphatic heterocycles. The van der Waals surface area contributed by atoms with Gasteiger partial charge in [-0.2, -0.15) is 0 Å². The second-order valence-electron chi connectivity index (χ2n) is 4.85. The second-order valence-corrected chi connectivity index (χ2v) is 5.23. The summed E-state index contributed by atoms with van der Waals surface area (Å²) in [5, 5.41) is 9.43. The molecule has 0 bridgehead atoms. The van der Waals surface area contributed by atoms with Crippen LogP contribution in [-0.2, 0) is 24.1 Å². The van der Waals surface area contributed by atoms with Gasteiger partial charge in [0.1, 0.15) is 11.5 Å². The Morgan fingerprint density at radius 1 is 1.16 bits per heavy atom. The molecule has 0 unspecified atom stereocenters. The molecule has 0 saturated carbocycles. The molecule has 0 aromatic heterocycles. The van der Waals surface area contributed by atoms with Crippen LogP contribution in [0.2, 0.25) is 5.02 Å². The number of aliphatic carboxylic acids is 1. The van der Waals surface area contributed by atoms with E-state index in [0.717, 1.165) is 41.0 Å². The first-order valence-corrected chi connectivity index (χ1v) is 6.89. The van der Waals surface area contributed by atoms with Crippen molar-refractivity contribution in [2.24, 2.45) is 0 Å². The molecule has 2 heterocycles. The Morgan fingerprint density at radius 3 is 2.58 bits per heavy atom. The van der Waals surface area contributed by atoms with Crippen molar-refractivity contribution in [1.29, 1.82) is 0 Å². The van der Waals surface area contributed by atoms with Crippen LogP contribution in [-0.4, -0.2) is 24.3 Å². The van der Waals surface area contributed by atoms with E-state index in [-0.39, 0.29) is 6.42 Å². The number of halogens is 1. The SMILES string of the molecule is O=C(O)CCCc1c2c(c(Cl)c3c1OCC3)OCC2. The van der Waals surface area contributed by atoms with Gasteiger partial charge in [0, 0.05) is 36.0 Å². The molecule has 0 atom stereocenters. The van der Waals surface area contributed by atoms with Gasteiger partial charge >= 0.3 is 5.97 Å². The van der Waals surface area contributed by atoms with Crippen molar-refractivity contribution in [3.05, 3.63) is 21.7 Å². The summed E-state index contributed by atoms with van der Waals surface area (Å²) in [6.45, 7) is 1.29. The third kappa shape index (κ3) is 2.14. The van der Waals surface area contributed by atoms with Crippen molar-refractivity contribution in [3.63, 3.8) is 0 Å². The standard InChI is InChI=1S/C14H15ClO4/c15-12-10-5-7-18-13(10)8(2-1-3-11(16)17)9-4-6-19-14(9)12/h1-7H2,(H,16,17). The van der Waals surface area contributed by atoms with Gasteiger partial charge in [-0.15, -0.1) is 0 Å². The molecular formula is C14H15ClO4. The zero-order valence-corrected chi connectivity index (χ0v) is 11.3. The Balaban J connectivity index is 1.96. The number of hydrogen-bond acceptors (Lipinski definition) is 3. The van der Waals surface area contributed by atoms with E-state index in [4.69, 9.17) is 26.2 Å². The van der Waals surface area contributed by atoms with Crippen LogP contribution < -0.4 is 9.47 Å². The van der Waals surface area contributed by atoms with E-state index >= 15 is 0 Å². The average molecular weight is 283 g/mol. The fraction of sp³-hybridized carbons (Fsp3) is 0.500. The first kappa shape index (κ1) is 12.6. The van der Waals surface area contributed by atoms with Crippen LogP contribution in [0.25, 0.3) is 0 Å². The molecule has 3 rings (SSSR count). The summed E-state index contributed by atoms with van der Waals surface area (Å²) in [5.41, 5.74) is 3.23. The number of hydrogen-bond donors (Lipinski definition) is 1. The van der Waals surface area contributed by atoms with Crippen LogP contribution in [0.1, 0.15) is 29.5 Å². The van der Waals surface area contributed by atoms with Crippen molar-refractivity contribution < 1.29 is 19.4 Å². The highest BCUT2D eigenvalue weighted by atomic mass is 35.5. The molecule has 0 fully saturated rings. The predicted molar refractivity (Wildman–Crippen MR) is 70.4 cm³/mol. The minimum atomic E-state index is -0.764. The molecule has 0 aliphatic carbocycles. The van der Waals surface area contributed by atoms with E-state index in [2.05, 4.69) is 0 Å². The number of benzene rings is 1. The van der Waals surface area contributed by atoms with Gasteiger partial charge in [-0.1, -0.05) is 11.6 Å². The van der Waals surface area contributed by atoms with Crippen LogP contribution >= 0.6 is 11.6 Å². The summed E-state index contributed by atoms with van der Waals surface area (Å²) in [6, 6.07) is 0. The highest BCUT2D eigenvalue weighted by Crippen LogP contribution is 2.47. The number of carboxylic acids is 1. The van der Waals surface area contributed by atoms with Crippen LogP contribution in [0.5, 0.6) is 11.5 Å². The lowest BCUT2D eigenvalue weighted by molar-refractivity contribution is -0.137. The van der Waals surface area contributed by atoms with E-state index in [1.54, 1.807) is 0 Å². The Hall–Kier alpha value is -1.42. The van der Waals surface area contributed by atoms with Crippen LogP contribution in [0.15, 0.2) is 0 Å². The smallest absolute Gasteiger partial charge is 0.303 e.